The number of benzene rings is 2. The summed E-state index contributed by atoms with van der Waals surface area (Å²) in [7, 11) is 0. The number of hydrogen-bond donors (Lipinski definition) is 0. The van der Waals surface area contributed by atoms with E-state index >= 15 is 0 Å². The Morgan fingerprint density at radius 1 is 1.10 bits per heavy atom. The van der Waals surface area contributed by atoms with Crippen LogP contribution in [0.5, 0.6) is 0 Å². The Labute approximate surface area is 124 Å². The van der Waals surface area contributed by atoms with E-state index in [9.17, 15) is 13.2 Å². The van der Waals surface area contributed by atoms with Gasteiger partial charge in [-0.2, -0.15) is 13.2 Å². The summed E-state index contributed by atoms with van der Waals surface area (Å²) >= 11 is 5.80. The van der Waals surface area contributed by atoms with Crippen molar-refractivity contribution in [3.8, 4) is 0 Å². The Morgan fingerprint density at radius 3 is 2.57 bits per heavy atom. The second-order valence-corrected chi connectivity index (χ2v) is 4.59. The monoisotopic (exact) mass is 312 g/mol. The SMILES string of the molecule is FC(F)(F)c1ccccc1/[C]=N\OCc1cccc(Cl)c1. The van der Waals surface area contributed by atoms with Crippen LogP contribution in [0, 0.1) is 0 Å². The van der Waals surface area contributed by atoms with E-state index in [0.717, 1.165) is 11.6 Å². The zero-order valence-electron chi connectivity index (χ0n) is 10.7. The molecule has 2 nitrogen and oxygen atoms in total. The van der Waals surface area contributed by atoms with Crippen LogP contribution in [0.2, 0.25) is 5.02 Å². The molecule has 21 heavy (non-hydrogen) atoms. The largest absolute Gasteiger partial charge is 0.417 e. The lowest BCUT2D eigenvalue weighted by atomic mass is 10.1. The van der Waals surface area contributed by atoms with Gasteiger partial charge in [-0.15, -0.1) is 0 Å². The molecule has 0 fully saturated rings. The lowest BCUT2D eigenvalue weighted by molar-refractivity contribution is -0.137. The molecule has 0 aliphatic rings. The van der Waals surface area contributed by atoms with Gasteiger partial charge in [-0.3, -0.25) is 0 Å². The van der Waals surface area contributed by atoms with E-state index in [-0.39, 0.29) is 12.2 Å². The highest BCUT2D eigenvalue weighted by molar-refractivity contribution is 6.30. The van der Waals surface area contributed by atoms with Crippen molar-refractivity contribution in [3.63, 3.8) is 0 Å². The lowest BCUT2D eigenvalue weighted by Gasteiger charge is -2.08. The molecular weight excluding hydrogens is 303 g/mol. The highest BCUT2D eigenvalue weighted by Gasteiger charge is 2.32. The summed E-state index contributed by atoms with van der Waals surface area (Å²) in [6.07, 6.45) is -2.20. The van der Waals surface area contributed by atoms with E-state index in [2.05, 4.69) is 11.4 Å². The maximum atomic E-state index is 12.7. The first-order valence-electron chi connectivity index (χ1n) is 5.95. The van der Waals surface area contributed by atoms with Gasteiger partial charge in [-0.1, -0.05) is 47.1 Å². The molecule has 109 valence electrons. The van der Waals surface area contributed by atoms with E-state index in [1.165, 1.54) is 18.2 Å². The van der Waals surface area contributed by atoms with Crippen LogP contribution in [-0.2, 0) is 17.6 Å². The molecule has 6 heteroatoms. The molecule has 0 N–H and O–H groups in total. The van der Waals surface area contributed by atoms with Crippen molar-refractivity contribution in [2.75, 3.05) is 0 Å². The van der Waals surface area contributed by atoms with E-state index in [4.69, 9.17) is 16.4 Å². The molecule has 0 saturated carbocycles. The lowest BCUT2D eigenvalue weighted by Crippen LogP contribution is -2.08. The van der Waals surface area contributed by atoms with Crippen LogP contribution in [0.3, 0.4) is 0 Å². The van der Waals surface area contributed by atoms with Crippen molar-refractivity contribution >= 4 is 17.8 Å². The average molecular weight is 313 g/mol. The molecule has 0 aromatic heterocycles. The second kappa shape index (κ2) is 6.63. The molecule has 0 aliphatic carbocycles. The van der Waals surface area contributed by atoms with Crippen molar-refractivity contribution in [3.05, 3.63) is 70.2 Å². The summed E-state index contributed by atoms with van der Waals surface area (Å²) in [6, 6.07) is 11.9. The van der Waals surface area contributed by atoms with Crippen molar-refractivity contribution in [1.82, 2.24) is 0 Å². The standard InChI is InChI=1S/C15H10ClF3NO/c16-13-6-3-4-11(8-13)10-21-20-9-12-5-1-2-7-14(12)15(17,18)19/h1-8H,10H2. The van der Waals surface area contributed by atoms with Crippen LogP contribution >= 0.6 is 11.6 Å². The van der Waals surface area contributed by atoms with E-state index in [0.29, 0.717) is 5.02 Å². The maximum Gasteiger partial charge on any atom is 0.417 e. The van der Waals surface area contributed by atoms with Crippen LogP contribution in [0.1, 0.15) is 16.7 Å². The normalized spacial score (nSPS) is 11.8. The fourth-order valence-corrected chi connectivity index (χ4v) is 1.86. The molecule has 2 rings (SSSR count). The number of halogens is 4. The number of nitrogens with zero attached hydrogens (tertiary/aromatic N) is 1. The number of alkyl halides is 3. The molecular formula is C15H10ClF3NO. The molecule has 2 aromatic rings. The van der Waals surface area contributed by atoms with Gasteiger partial charge >= 0.3 is 6.18 Å². The van der Waals surface area contributed by atoms with Gasteiger partial charge in [0.15, 0.2) is 0 Å². The van der Waals surface area contributed by atoms with Gasteiger partial charge in [-0.25, -0.2) is 0 Å². The number of hydrogen-bond acceptors (Lipinski definition) is 2. The first-order chi connectivity index (χ1) is 9.97. The molecule has 0 spiro atoms. The Bertz CT molecular complexity index is 641. The third-order valence-corrected chi connectivity index (χ3v) is 2.82. The van der Waals surface area contributed by atoms with Gasteiger partial charge < -0.3 is 4.84 Å². The molecule has 0 atom stereocenters. The van der Waals surface area contributed by atoms with Crippen LogP contribution in [0.15, 0.2) is 53.7 Å². The van der Waals surface area contributed by atoms with Crippen LogP contribution in [0.25, 0.3) is 0 Å². The summed E-state index contributed by atoms with van der Waals surface area (Å²) in [5.41, 5.74) is -0.214. The molecule has 0 heterocycles. The Hall–Kier alpha value is -2.01. The first kappa shape index (κ1) is 15.4. The Balaban J connectivity index is 2.02. The van der Waals surface area contributed by atoms with E-state index in [1.54, 1.807) is 24.3 Å². The molecule has 0 saturated heterocycles. The topological polar surface area (TPSA) is 21.6 Å². The predicted molar refractivity (Wildman–Crippen MR) is 74.2 cm³/mol. The quantitative estimate of drug-likeness (QED) is 0.588. The van der Waals surface area contributed by atoms with Crippen LogP contribution in [-0.4, -0.2) is 6.21 Å². The molecule has 2 aromatic carbocycles. The van der Waals surface area contributed by atoms with Gasteiger partial charge in [0.05, 0.1) is 5.56 Å². The second-order valence-electron chi connectivity index (χ2n) is 4.15. The fourth-order valence-electron chi connectivity index (χ4n) is 1.64. The van der Waals surface area contributed by atoms with Gasteiger partial charge in [0.1, 0.15) is 12.8 Å². The summed E-state index contributed by atoms with van der Waals surface area (Å²) in [6.45, 7) is 0.0990. The summed E-state index contributed by atoms with van der Waals surface area (Å²) < 4.78 is 38.2. The van der Waals surface area contributed by atoms with E-state index < -0.39 is 11.7 Å². The maximum absolute atomic E-state index is 12.7. The third-order valence-electron chi connectivity index (χ3n) is 2.58. The Morgan fingerprint density at radius 2 is 1.86 bits per heavy atom. The summed E-state index contributed by atoms with van der Waals surface area (Å²) in [5, 5.41) is 4.00. The molecule has 0 aliphatic heterocycles. The minimum absolute atomic E-state index is 0.0990. The minimum Gasteiger partial charge on any atom is -0.390 e. The minimum atomic E-state index is -4.45. The first-order valence-corrected chi connectivity index (χ1v) is 6.33. The summed E-state index contributed by atoms with van der Waals surface area (Å²) in [4.78, 5) is 4.93. The number of rotatable bonds is 4. The molecule has 0 unspecified atom stereocenters. The zero-order chi connectivity index (χ0) is 15.3. The van der Waals surface area contributed by atoms with Gasteiger partial charge in [-0.05, 0) is 23.8 Å². The highest BCUT2D eigenvalue weighted by Crippen LogP contribution is 2.31. The predicted octanol–water partition coefficient (Wildman–Crippen LogP) is 4.79. The average Bonchev–Trinajstić information content (AvgIpc) is 2.43. The fraction of sp³-hybridized carbons (Fsp3) is 0.133. The zero-order valence-corrected chi connectivity index (χ0v) is 11.4. The van der Waals surface area contributed by atoms with Crippen LogP contribution in [0.4, 0.5) is 13.2 Å². The van der Waals surface area contributed by atoms with Gasteiger partial charge in [0.2, 0.25) is 0 Å². The smallest absolute Gasteiger partial charge is 0.390 e. The molecule has 1 radical (unpaired) electrons. The van der Waals surface area contributed by atoms with Gasteiger partial charge in [0, 0.05) is 10.6 Å². The van der Waals surface area contributed by atoms with Crippen molar-refractivity contribution in [2.24, 2.45) is 5.16 Å². The van der Waals surface area contributed by atoms with Crippen molar-refractivity contribution < 1.29 is 18.0 Å². The summed E-state index contributed by atoms with van der Waals surface area (Å²) in [5.74, 6) is 0. The molecule has 0 amide bonds. The highest BCUT2D eigenvalue weighted by atomic mass is 35.5. The van der Waals surface area contributed by atoms with Gasteiger partial charge in [0.25, 0.3) is 0 Å². The Kier molecular flexibility index (Phi) is 4.85. The van der Waals surface area contributed by atoms with Crippen molar-refractivity contribution in [1.29, 1.82) is 0 Å². The van der Waals surface area contributed by atoms with E-state index in [1.807, 2.05) is 0 Å². The van der Waals surface area contributed by atoms with Crippen molar-refractivity contribution in [2.45, 2.75) is 12.8 Å². The third kappa shape index (κ3) is 4.49. The molecule has 0 bridgehead atoms. The van der Waals surface area contributed by atoms with Crippen LogP contribution < -0.4 is 0 Å².